The normalized spacial score (nSPS) is 10.6. The Labute approximate surface area is 119 Å². The van der Waals surface area contributed by atoms with Crippen LogP contribution in [0.15, 0.2) is 34.8 Å². The molecular formula is C13H14BrNO4. The van der Waals surface area contributed by atoms with Crippen LogP contribution in [0.5, 0.6) is 0 Å². The van der Waals surface area contributed by atoms with Gasteiger partial charge in [-0.3, -0.25) is 4.79 Å². The maximum atomic E-state index is 11.4. The van der Waals surface area contributed by atoms with Crippen LogP contribution in [0, 0.1) is 0 Å². The third-order valence-electron chi connectivity index (χ3n) is 2.09. The molecule has 0 unspecified atom stereocenters. The molecule has 102 valence electrons. The zero-order chi connectivity index (χ0) is 14.1. The fourth-order valence-corrected chi connectivity index (χ4v) is 1.66. The number of carbonyl (C=O) groups is 2. The van der Waals surface area contributed by atoms with Gasteiger partial charge >= 0.3 is 5.97 Å². The lowest BCUT2D eigenvalue weighted by Crippen LogP contribution is -2.26. The summed E-state index contributed by atoms with van der Waals surface area (Å²) in [6, 6.07) is 7.53. The summed E-state index contributed by atoms with van der Waals surface area (Å²) in [5.41, 5.74) is 0.903. The largest absolute Gasteiger partial charge is 0.480 e. The van der Waals surface area contributed by atoms with E-state index in [0.29, 0.717) is 0 Å². The second-order valence-electron chi connectivity index (χ2n) is 3.59. The van der Waals surface area contributed by atoms with E-state index in [0.717, 1.165) is 10.0 Å². The lowest BCUT2D eigenvalue weighted by Gasteiger charge is -2.02. The summed E-state index contributed by atoms with van der Waals surface area (Å²) >= 11 is 3.37. The molecule has 0 aliphatic heterocycles. The van der Waals surface area contributed by atoms with Gasteiger partial charge in [-0.2, -0.15) is 0 Å². The van der Waals surface area contributed by atoms with E-state index in [4.69, 9.17) is 9.84 Å². The van der Waals surface area contributed by atoms with Gasteiger partial charge in [-0.15, -0.1) is 0 Å². The standard InChI is InChI=1S/C13H14BrNO4/c14-11-4-2-1-3-10(11)5-6-12(16)15-7-8-19-9-13(17)18/h1-6H,7-9H2,(H,15,16)(H,17,18). The fraction of sp³-hybridized carbons (Fsp3) is 0.231. The zero-order valence-electron chi connectivity index (χ0n) is 10.1. The molecule has 0 aliphatic carbocycles. The molecular weight excluding hydrogens is 314 g/mol. The Balaban J connectivity index is 2.28. The summed E-state index contributed by atoms with van der Waals surface area (Å²) in [6.07, 6.45) is 3.11. The maximum Gasteiger partial charge on any atom is 0.329 e. The highest BCUT2D eigenvalue weighted by Crippen LogP contribution is 2.16. The molecule has 0 saturated carbocycles. The number of hydrogen-bond donors (Lipinski definition) is 2. The highest BCUT2D eigenvalue weighted by atomic mass is 79.9. The van der Waals surface area contributed by atoms with Crippen LogP contribution < -0.4 is 5.32 Å². The second-order valence-corrected chi connectivity index (χ2v) is 4.45. The van der Waals surface area contributed by atoms with Crippen molar-refractivity contribution in [3.8, 4) is 0 Å². The van der Waals surface area contributed by atoms with Crippen molar-refractivity contribution in [1.82, 2.24) is 5.32 Å². The smallest absolute Gasteiger partial charge is 0.329 e. The van der Waals surface area contributed by atoms with Gasteiger partial charge in [-0.1, -0.05) is 34.1 Å². The summed E-state index contributed by atoms with van der Waals surface area (Å²) in [7, 11) is 0. The van der Waals surface area contributed by atoms with Crippen molar-refractivity contribution in [3.63, 3.8) is 0 Å². The molecule has 1 rings (SSSR count). The number of carboxylic acid groups (broad SMARTS) is 1. The van der Waals surface area contributed by atoms with Gasteiger partial charge in [0.1, 0.15) is 6.61 Å². The number of benzene rings is 1. The molecule has 1 aromatic rings. The number of halogens is 1. The number of amides is 1. The molecule has 0 fully saturated rings. The highest BCUT2D eigenvalue weighted by Gasteiger charge is 1.98. The molecule has 5 nitrogen and oxygen atoms in total. The number of aliphatic carboxylic acids is 1. The Morgan fingerprint density at radius 1 is 1.37 bits per heavy atom. The Morgan fingerprint density at radius 3 is 2.79 bits per heavy atom. The first kappa shape index (κ1) is 15.4. The summed E-state index contributed by atoms with van der Waals surface area (Å²) in [5.74, 6) is -1.28. The van der Waals surface area contributed by atoms with Gasteiger partial charge in [-0.25, -0.2) is 4.79 Å². The van der Waals surface area contributed by atoms with E-state index in [1.165, 1.54) is 6.08 Å². The number of rotatable bonds is 7. The number of carboxylic acids is 1. The van der Waals surface area contributed by atoms with Crippen LogP contribution >= 0.6 is 15.9 Å². The first-order valence-corrected chi connectivity index (χ1v) is 6.39. The number of hydrogen-bond acceptors (Lipinski definition) is 3. The third-order valence-corrected chi connectivity index (χ3v) is 2.81. The quantitative estimate of drug-likeness (QED) is 0.590. The van der Waals surface area contributed by atoms with Gasteiger partial charge < -0.3 is 15.2 Å². The maximum absolute atomic E-state index is 11.4. The lowest BCUT2D eigenvalue weighted by atomic mass is 10.2. The minimum absolute atomic E-state index is 0.168. The van der Waals surface area contributed by atoms with Crippen molar-refractivity contribution in [2.45, 2.75) is 0 Å². The minimum Gasteiger partial charge on any atom is -0.480 e. The molecule has 0 spiro atoms. The molecule has 0 aromatic heterocycles. The molecule has 0 radical (unpaired) electrons. The van der Waals surface area contributed by atoms with Gasteiger partial charge in [-0.05, 0) is 17.7 Å². The fourth-order valence-electron chi connectivity index (χ4n) is 1.24. The number of nitrogens with one attached hydrogen (secondary N) is 1. The summed E-state index contributed by atoms with van der Waals surface area (Å²) < 4.78 is 5.69. The second kappa shape index (κ2) is 8.44. The molecule has 1 aromatic carbocycles. The molecule has 0 heterocycles. The van der Waals surface area contributed by atoms with Crippen molar-refractivity contribution >= 4 is 33.9 Å². The van der Waals surface area contributed by atoms with E-state index in [1.807, 2.05) is 24.3 Å². The third kappa shape index (κ3) is 6.73. The van der Waals surface area contributed by atoms with E-state index in [2.05, 4.69) is 21.2 Å². The van der Waals surface area contributed by atoms with Crippen LogP contribution in [-0.2, 0) is 14.3 Å². The topological polar surface area (TPSA) is 75.6 Å². The monoisotopic (exact) mass is 327 g/mol. The van der Waals surface area contributed by atoms with Crippen LogP contribution in [0.4, 0.5) is 0 Å². The number of ether oxygens (including phenoxy) is 1. The van der Waals surface area contributed by atoms with Crippen LogP contribution in [0.3, 0.4) is 0 Å². The molecule has 0 atom stereocenters. The predicted molar refractivity (Wildman–Crippen MR) is 74.6 cm³/mol. The molecule has 0 bridgehead atoms. The van der Waals surface area contributed by atoms with Crippen molar-refractivity contribution in [1.29, 1.82) is 0 Å². The van der Waals surface area contributed by atoms with Gasteiger partial charge in [0.15, 0.2) is 0 Å². The molecule has 6 heteroatoms. The first-order chi connectivity index (χ1) is 9.09. The van der Waals surface area contributed by atoms with E-state index in [-0.39, 0.29) is 25.7 Å². The van der Waals surface area contributed by atoms with Crippen molar-refractivity contribution in [2.75, 3.05) is 19.8 Å². The Kier molecular flexibility index (Phi) is 6.84. The Hall–Kier alpha value is -1.66. The van der Waals surface area contributed by atoms with Crippen molar-refractivity contribution in [3.05, 3.63) is 40.4 Å². The van der Waals surface area contributed by atoms with Gasteiger partial charge in [0.2, 0.25) is 5.91 Å². The van der Waals surface area contributed by atoms with Gasteiger partial charge in [0.05, 0.1) is 6.61 Å². The van der Waals surface area contributed by atoms with Gasteiger partial charge in [0.25, 0.3) is 0 Å². The molecule has 0 saturated heterocycles. The van der Waals surface area contributed by atoms with Crippen LogP contribution in [0.25, 0.3) is 6.08 Å². The molecule has 19 heavy (non-hydrogen) atoms. The summed E-state index contributed by atoms with van der Waals surface area (Å²) in [4.78, 5) is 21.6. The van der Waals surface area contributed by atoms with Crippen LogP contribution in [-0.4, -0.2) is 36.7 Å². The van der Waals surface area contributed by atoms with Crippen molar-refractivity contribution in [2.24, 2.45) is 0 Å². The van der Waals surface area contributed by atoms with Gasteiger partial charge in [0, 0.05) is 17.1 Å². The van der Waals surface area contributed by atoms with Crippen LogP contribution in [0.2, 0.25) is 0 Å². The van der Waals surface area contributed by atoms with E-state index in [1.54, 1.807) is 6.08 Å². The van der Waals surface area contributed by atoms with Crippen molar-refractivity contribution < 1.29 is 19.4 Å². The molecule has 2 N–H and O–H groups in total. The van der Waals surface area contributed by atoms with E-state index in [9.17, 15) is 9.59 Å². The van der Waals surface area contributed by atoms with Crippen LogP contribution in [0.1, 0.15) is 5.56 Å². The lowest BCUT2D eigenvalue weighted by molar-refractivity contribution is -0.142. The van der Waals surface area contributed by atoms with E-state index >= 15 is 0 Å². The van der Waals surface area contributed by atoms with E-state index < -0.39 is 5.97 Å². The summed E-state index contributed by atoms with van der Waals surface area (Å²) in [6.45, 7) is 0.0794. The summed E-state index contributed by atoms with van der Waals surface area (Å²) in [5, 5.41) is 10.9. The average molecular weight is 328 g/mol. The number of carbonyl (C=O) groups excluding carboxylic acids is 1. The predicted octanol–water partition coefficient (Wildman–Crippen LogP) is 1.68. The average Bonchev–Trinajstić information content (AvgIpc) is 2.37. The first-order valence-electron chi connectivity index (χ1n) is 5.59. The SMILES string of the molecule is O=C(O)COCCNC(=O)C=Cc1ccccc1Br. The Morgan fingerprint density at radius 2 is 2.11 bits per heavy atom. The zero-order valence-corrected chi connectivity index (χ0v) is 11.7. The minimum atomic E-state index is -1.03. The molecule has 0 aliphatic rings. The molecule has 1 amide bonds. The Bertz CT molecular complexity index is 473. The highest BCUT2D eigenvalue weighted by molar-refractivity contribution is 9.10.